The van der Waals surface area contributed by atoms with E-state index in [-0.39, 0.29) is 12.6 Å². The smallest absolute Gasteiger partial charge is 0.0597 e. The van der Waals surface area contributed by atoms with Gasteiger partial charge in [-0.1, -0.05) is 13.8 Å². The number of nitrogens with one attached hydrogen (secondary N) is 1. The highest BCUT2D eigenvalue weighted by Gasteiger charge is 2.16. The minimum atomic E-state index is 0.189. The molecular weight excluding hydrogens is 202 g/mol. The average Bonchev–Trinajstić information content (AvgIpc) is 2.22. The van der Waals surface area contributed by atoms with Crippen molar-refractivity contribution in [2.24, 2.45) is 0 Å². The Bertz CT molecular complexity index is 164. The lowest BCUT2D eigenvalue weighted by atomic mass is 10.2. The molecule has 0 radical (unpaired) electrons. The molecule has 0 aliphatic rings. The maximum absolute atomic E-state index is 9.27. The molecule has 0 aliphatic carbocycles. The first-order valence-corrected chi connectivity index (χ1v) is 6.28. The largest absolute Gasteiger partial charge is 0.395 e. The first-order valence-electron chi connectivity index (χ1n) is 6.28. The highest BCUT2D eigenvalue weighted by atomic mass is 16.3. The number of aliphatic hydroxyl groups excluding tert-OH is 1. The highest BCUT2D eigenvalue weighted by Crippen LogP contribution is 2.01. The first-order chi connectivity index (χ1) is 7.54. The third-order valence-corrected chi connectivity index (χ3v) is 2.83. The van der Waals surface area contributed by atoms with Crippen LogP contribution in [0.2, 0.25) is 0 Å². The standard InChI is InChI=1S/C12H29N3O/c1-6-13-12(10-16)9-15(7-2)11(3)8-14(4)5/h11-13,16H,6-10H2,1-5H3. The lowest BCUT2D eigenvalue weighted by molar-refractivity contribution is 0.139. The molecule has 98 valence electrons. The summed E-state index contributed by atoms with van der Waals surface area (Å²) in [6.45, 7) is 10.6. The SMILES string of the molecule is CCNC(CO)CN(CC)C(C)CN(C)C. The minimum Gasteiger partial charge on any atom is -0.395 e. The van der Waals surface area contributed by atoms with E-state index in [0.29, 0.717) is 6.04 Å². The van der Waals surface area contributed by atoms with E-state index < -0.39 is 0 Å². The second-order valence-electron chi connectivity index (χ2n) is 4.64. The van der Waals surface area contributed by atoms with Crippen LogP contribution < -0.4 is 5.32 Å². The van der Waals surface area contributed by atoms with Crippen LogP contribution in [0.25, 0.3) is 0 Å². The predicted molar refractivity (Wildman–Crippen MR) is 69.8 cm³/mol. The van der Waals surface area contributed by atoms with E-state index in [4.69, 9.17) is 0 Å². The van der Waals surface area contributed by atoms with E-state index in [1.807, 2.05) is 0 Å². The predicted octanol–water partition coefficient (Wildman–Crippen LogP) is 0.229. The number of rotatable bonds is 9. The molecule has 0 rings (SSSR count). The molecule has 4 nitrogen and oxygen atoms in total. The third kappa shape index (κ3) is 6.43. The summed E-state index contributed by atoms with van der Waals surface area (Å²) in [7, 11) is 4.19. The molecular formula is C12H29N3O. The van der Waals surface area contributed by atoms with Crippen molar-refractivity contribution in [3.8, 4) is 0 Å². The van der Waals surface area contributed by atoms with Crippen LogP contribution in [-0.2, 0) is 0 Å². The number of hydrogen-bond donors (Lipinski definition) is 2. The summed E-state index contributed by atoms with van der Waals surface area (Å²) in [5, 5.41) is 12.6. The monoisotopic (exact) mass is 231 g/mol. The van der Waals surface area contributed by atoms with Gasteiger partial charge in [0.05, 0.1) is 6.61 Å². The fraction of sp³-hybridized carbons (Fsp3) is 1.00. The van der Waals surface area contributed by atoms with E-state index >= 15 is 0 Å². The summed E-state index contributed by atoms with van der Waals surface area (Å²) >= 11 is 0. The van der Waals surface area contributed by atoms with Crippen LogP contribution in [0.3, 0.4) is 0 Å². The van der Waals surface area contributed by atoms with Crippen LogP contribution in [0, 0.1) is 0 Å². The quantitative estimate of drug-likeness (QED) is 0.596. The van der Waals surface area contributed by atoms with Gasteiger partial charge in [-0.05, 0) is 34.1 Å². The number of hydrogen-bond acceptors (Lipinski definition) is 4. The van der Waals surface area contributed by atoms with Crippen LogP contribution in [0.5, 0.6) is 0 Å². The highest BCUT2D eigenvalue weighted by molar-refractivity contribution is 4.75. The van der Waals surface area contributed by atoms with Crippen molar-refractivity contribution < 1.29 is 5.11 Å². The Balaban J connectivity index is 4.14. The summed E-state index contributed by atoms with van der Waals surface area (Å²) in [5.41, 5.74) is 0. The summed E-state index contributed by atoms with van der Waals surface area (Å²) in [5.74, 6) is 0. The molecule has 4 heteroatoms. The van der Waals surface area contributed by atoms with Gasteiger partial charge in [-0.25, -0.2) is 0 Å². The molecule has 0 spiro atoms. The molecule has 2 atom stereocenters. The second-order valence-corrected chi connectivity index (χ2v) is 4.64. The van der Waals surface area contributed by atoms with E-state index in [1.165, 1.54) is 0 Å². The van der Waals surface area contributed by atoms with Gasteiger partial charge in [-0.15, -0.1) is 0 Å². The van der Waals surface area contributed by atoms with Gasteiger partial charge in [0.1, 0.15) is 0 Å². The molecule has 0 aromatic rings. The van der Waals surface area contributed by atoms with Gasteiger partial charge < -0.3 is 15.3 Å². The molecule has 0 aromatic carbocycles. The van der Waals surface area contributed by atoms with E-state index in [1.54, 1.807) is 0 Å². The van der Waals surface area contributed by atoms with Gasteiger partial charge in [0.25, 0.3) is 0 Å². The van der Waals surface area contributed by atoms with Crippen LogP contribution in [0.1, 0.15) is 20.8 Å². The Kier molecular flexibility index (Phi) is 8.84. The first kappa shape index (κ1) is 15.8. The molecule has 0 aliphatic heterocycles. The molecule has 2 unspecified atom stereocenters. The fourth-order valence-corrected chi connectivity index (χ4v) is 2.02. The van der Waals surface area contributed by atoms with Gasteiger partial charge in [-0.3, -0.25) is 4.90 Å². The Labute approximate surface area is 101 Å². The summed E-state index contributed by atoms with van der Waals surface area (Å²) < 4.78 is 0. The van der Waals surface area contributed by atoms with Crippen molar-refractivity contribution in [2.45, 2.75) is 32.9 Å². The molecule has 0 saturated carbocycles. The Hall–Kier alpha value is -0.160. The Morgan fingerprint density at radius 3 is 2.19 bits per heavy atom. The second kappa shape index (κ2) is 8.93. The summed E-state index contributed by atoms with van der Waals surface area (Å²) in [4.78, 5) is 4.61. The van der Waals surface area contributed by atoms with Crippen molar-refractivity contribution in [3.05, 3.63) is 0 Å². The molecule has 0 bridgehead atoms. The number of nitrogens with zero attached hydrogens (tertiary/aromatic N) is 2. The van der Waals surface area contributed by atoms with Crippen molar-refractivity contribution in [2.75, 3.05) is 46.9 Å². The van der Waals surface area contributed by atoms with Gasteiger partial charge in [0.2, 0.25) is 0 Å². The summed E-state index contributed by atoms with van der Waals surface area (Å²) in [6.07, 6.45) is 0. The van der Waals surface area contributed by atoms with Crippen LogP contribution in [0.15, 0.2) is 0 Å². The topological polar surface area (TPSA) is 38.7 Å². The van der Waals surface area contributed by atoms with Crippen molar-refractivity contribution in [1.82, 2.24) is 15.1 Å². The Morgan fingerprint density at radius 2 is 1.81 bits per heavy atom. The average molecular weight is 231 g/mol. The van der Waals surface area contributed by atoms with Crippen molar-refractivity contribution in [3.63, 3.8) is 0 Å². The van der Waals surface area contributed by atoms with E-state index in [0.717, 1.165) is 26.2 Å². The molecule has 0 aromatic heterocycles. The van der Waals surface area contributed by atoms with Gasteiger partial charge >= 0.3 is 0 Å². The van der Waals surface area contributed by atoms with E-state index in [9.17, 15) is 5.11 Å². The molecule has 0 saturated heterocycles. The van der Waals surface area contributed by atoms with Crippen LogP contribution >= 0.6 is 0 Å². The molecule has 16 heavy (non-hydrogen) atoms. The van der Waals surface area contributed by atoms with Crippen LogP contribution in [-0.4, -0.2) is 73.9 Å². The zero-order valence-corrected chi connectivity index (χ0v) is 11.5. The summed E-state index contributed by atoms with van der Waals surface area (Å²) in [6, 6.07) is 0.710. The van der Waals surface area contributed by atoms with Gasteiger partial charge in [-0.2, -0.15) is 0 Å². The van der Waals surface area contributed by atoms with E-state index in [2.05, 4.69) is 50.0 Å². The van der Waals surface area contributed by atoms with Crippen LogP contribution in [0.4, 0.5) is 0 Å². The molecule has 2 N–H and O–H groups in total. The fourth-order valence-electron chi connectivity index (χ4n) is 2.02. The molecule has 0 amide bonds. The van der Waals surface area contributed by atoms with Crippen molar-refractivity contribution in [1.29, 1.82) is 0 Å². The number of likely N-dealkylation sites (N-methyl/N-ethyl adjacent to an activating group) is 3. The molecule has 0 fully saturated rings. The Morgan fingerprint density at radius 1 is 1.19 bits per heavy atom. The normalized spacial score (nSPS) is 15.8. The number of aliphatic hydroxyl groups is 1. The molecule has 0 heterocycles. The third-order valence-electron chi connectivity index (χ3n) is 2.83. The van der Waals surface area contributed by atoms with Gasteiger partial charge in [0, 0.05) is 25.2 Å². The zero-order valence-electron chi connectivity index (χ0n) is 11.5. The van der Waals surface area contributed by atoms with Crippen molar-refractivity contribution >= 4 is 0 Å². The maximum Gasteiger partial charge on any atom is 0.0597 e. The minimum absolute atomic E-state index is 0.189. The lowest BCUT2D eigenvalue weighted by Crippen LogP contribution is -2.48. The lowest BCUT2D eigenvalue weighted by Gasteiger charge is -2.32. The van der Waals surface area contributed by atoms with Gasteiger partial charge in [0.15, 0.2) is 0 Å². The zero-order chi connectivity index (χ0) is 12.6. The maximum atomic E-state index is 9.27.